The molecule has 0 aliphatic heterocycles. The molecule has 1 unspecified atom stereocenters. The van der Waals surface area contributed by atoms with Gasteiger partial charge < -0.3 is 10.2 Å². The fourth-order valence-corrected chi connectivity index (χ4v) is 3.61. The van der Waals surface area contributed by atoms with E-state index in [2.05, 4.69) is 0 Å². The van der Waals surface area contributed by atoms with Crippen molar-refractivity contribution in [3.05, 3.63) is 16.5 Å². The van der Waals surface area contributed by atoms with Crippen LogP contribution in [-0.2, 0) is 6.42 Å². The van der Waals surface area contributed by atoms with Gasteiger partial charge >= 0.3 is 0 Å². The second-order valence-corrected chi connectivity index (χ2v) is 7.37. The summed E-state index contributed by atoms with van der Waals surface area (Å²) in [5, 5.41) is 18.4. The van der Waals surface area contributed by atoms with Gasteiger partial charge in [0.15, 0.2) is 5.78 Å². The number of carbonyl (C=O) groups is 1. The van der Waals surface area contributed by atoms with Crippen LogP contribution in [0.3, 0.4) is 0 Å². The maximum Gasteiger partial charge on any atom is 0.178 e. The maximum absolute atomic E-state index is 12.2. The van der Waals surface area contributed by atoms with Crippen molar-refractivity contribution in [2.45, 2.75) is 37.5 Å². The zero-order valence-corrected chi connectivity index (χ0v) is 12.8. The van der Waals surface area contributed by atoms with Gasteiger partial charge in [-0.25, -0.2) is 0 Å². The third kappa shape index (κ3) is 3.82. The van der Waals surface area contributed by atoms with Crippen molar-refractivity contribution in [3.8, 4) is 0 Å². The van der Waals surface area contributed by atoms with Crippen LogP contribution in [0, 0.1) is 5.41 Å². The van der Waals surface area contributed by atoms with Gasteiger partial charge in [0.1, 0.15) is 0 Å². The molecule has 0 spiro atoms. The number of rotatable bonds is 5. The Morgan fingerprint density at radius 2 is 2.11 bits per heavy atom. The third-order valence-electron chi connectivity index (χ3n) is 2.53. The largest absolute Gasteiger partial charge is 0.394 e. The lowest BCUT2D eigenvalue weighted by Gasteiger charge is -2.14. The summed E-state index contributed by atoms with van der Waals surface area (Å²) in [7, 11) is 0. The molecule has 102 valence electrons. The van der Waals surface area contributed by atoms with Gasteiger partial charge in [0, 0.05) is 11.8 Å². The first-order valence-corrected chi connectivity index (χ1v) is 7.84. The van der Waals surface area contributed by atoms with Gasteiger partial charge in [0.2, 0.25) is 0 Å². The molecular weight excluding hydrogens is 268 g/mol. The molecule has 1 heterocycles. The lowest BCUT2D eigenvalue weighted by molar-refractivity contribution is 0.0862. The summed E-state index contributed by atoms with van der Waals surface area (Å²) >= 11 is 3.04. The number of thiophene rings is 1. The summed E-state index contributed by atoms with van der Waals surface area (Å²) in [5.41, 5.74) is 0.551. The molecule has 0 aromatic carbocycles. The molecule has 3 nitrogen and oxygen atoms in total. The molecule has 1 aromatic heterocycles. The van der Waals surface area contributed by atoms with E-state index >= 15 is 0 Å². The minimum absolute atomic E-state index is 0.118. The minimum atomic E-state index is -0.761. The van der Waals surface area contributed by atoms with E-state index in [1.165, 1.54) is 11.3 Å². The van der Waals surface area contributed by atoms with Crippen LogP contribution < -0.4 is 0 Å². The van der Waals surface area contributed by atoms with E-state index in [4.69, 9.17) is 5.11 Å². The number of hydrogen-bond donors (Lipinski definition) is 2. The number of aliphatic hydroxyl groups is 2. The number of ketones is 1. The van der Waals surface area contributed by atoms with Crippen LogP contribution in [0.15, 0.2) is 10.3 Å². The molecule has 0 aliphatic rings. The second-order valence-electron chi connectivity index (χ2n) is 5.25. The van der Waals surface area contributed by atoms with E-state index < -0.39 is 11.5 Å². The molecule has 0 radical (unpaired) electrons. The van der Waals surface area contributed by atoms with Gasteiger partial charge in [-0.1, -0.05) is 20.8 Å². The molecular formula is C13H20O3S2. The Morgan fingerprint density at radius 3 is 2.56 bits per heavy atom. The zero-order valence-electron chi connectivity index (χ0n) is 11.2. The molecule has 0 fully saturated rings. The Hall–Kier alpha value is -0.360. The highest BCUT2D eigenvalue weighted by molar-refractivity contribution is 8.00. The highest BCUT2D eigenvalue weighted by Gasteiger charge is 2.26. The fourth-order valence-electron chi connectivity index (χ4n) is 1.53. The van der Waals surface area contributed by atoms with Crippen molar-refractivity contribution in [1.82, 2.24) is 0 Å². The van der Waals surface area contributed by atoms with Crippen LogP contribution >= 0.6 is 23.1 Å². The number of carbonyl (C=O) groups excluding carboxylic acids is 1. The van der Waals surface area contributed by atoms with Crippen molar-refractivity contribution in [2.75, 3.05) is 12.9 Å². The Balaban J connectivity index is 3.01. The summed E-state index contributed by atoms with van der Waals surface area (Å²) in [6, 6.07) is 1.85. The zero-order chi connectivity index (χ0) is 13.9. The average Bonchev–Trinajstić information content (AvgIpc) is 2.69. The Morgan fingerprint density at radius 1 is 1.50 bits per heavy atom. The molecule has 0 aliphatic carbocycles. The van der Waals surface area contributed by atoms with E-state index in [-0.39, 0.29) is 12.4 Å². The van der Waals surface area contributed by atoms with E-state index in [0.717, 1.165) is 14.6 Å². The van der Waals surface area contributed by atoms with Crippen LogP contribution in [0.5, 0.6) is 0 Å². The Labute approximate surface area is 116 Å². The topological polar surface area (TPSA) is 57.5 Å². The molecule has 2 N–H and O–H groups in total. The lowest BCUT2D eigenvalue weighted by Crippen LogP contribution is -2.19. The molecule has 1 atom stereocenters. The maximum atomic E-state index is 12.2. The summed E-state index contributed by atoms with van der Waals surface area (Å²) in [5.74, 6) is 0.118. The van der Waals surface area contributed by atoms with Gasteiger partial charge in [-0.2, -0.15) is 0 Å². The minimum Gasteiger partial charge on any atom is -0.394 e. The van der Waals surface area contributed by atoms with Gasteiger partial charge in [-0.05, 0) is 17.9 Å². The first-order valence-electron chi connectivity index (χ1n) is 5.80. The van der Waals surface area contributed by atoms with Crippen LogP contribution in [0.25, 0.3) is 0 Å². The summed E-state index contributed by atoms with van der Waals surface area (Å²) in [4.78, 5) is 12.9. The molecule has 0 bridgehead atoms. The van der Waals surface area contributed by atoms with E-state index in [9.17, 15) is 9.90 Å². The first-order chi connectivity index (χ1) is 8.29. The van der Waals surface area contributed by atoms with Crippen molar-refractivity contribution in [1.29, 1.82) is 0 Å². The third-order valence-corrected chi connectivity index (χ3v) is 4.88. The molecule has 0 saturated heterocycles. The predicted molar refractivity (Wildman–Crippen MR) is 76.7 cm³/mol. The first kappa shape index (κ1) is 15.7. The SMILES string of the molecule is CSc1sc(C(=O)C(C)(C)C)cc1CC(O)CO. The molecule has 0 saturated carbocycles. The molecule has 1 rings (SSSR count). The molecule has 1 aromatic rings. The summed E-state index contributed by atoms with van der Waals surface area (Å²) in [6.07, 6.45) is 1.58. The van der Waals surface area contributed by atoms with Gasteiger partial charge in [-0.3, -0.25) is 4.79 Å². The van der Waals surface area contributed by atoms with Gasteiger partial charge in [0.25, 0.3) is 0 Å². The molecule has 0 amide bonds. The quantitative estimate of drug-likeness (QED) is 0.646. The number of aliphatic hydroxyl groups excluding tert-OH is 2. The normalized spacial score (nSPS) is 13.7. The van der Waals surface area contributed by atoms with Gasteiger partial charge in [0.05, 0.1) is 21.8 Å². The average molecular weight is 288 g/mol. The van der Waals surface area contributed by atoms with Gasteiger partial charge in [-0.15, -0.1) is 23.1 Å². The highest BCUT2D eigenvalue weighted by Crippen LogP contribution is 2.34. The fraction of sp³-hybridized carbons (Fsp3) is 0.615. The Kier molecular flexibility index (Phi) is 5.40. The lowest BCUT2D eigenvalue weighted by atomic mass is 9.90. The molecule has 18 heavy (non-hydrogen) atoms. The summed E-state index contributed by atoms with van der Waals surface area (Å²) in [6.45, 7) is 5.44. The van der Waals surface area contributed by atoms with Crippen LogP contribution in [0.1, 0.15) is 36.0 Å². The number of Topliss-reactive ketones (excluding diaryl/α,β-unsaturated/α-hetero) is 1. The van der Waals surface area contributed by atoms with Crippen molar-refractivity contribution < 1.29 is 15.0 Å². The van der Waals surface area contributed by atoms with Crippen molar-refractivity contribution >= 4 is 28.9 Å². The van der Waals surface area contributed by atoms with E-state index in [1.54, 1.807) is 11.8 Å². The van der Waals surface area contributed by atoms with E-state index in [0.29, 0.717) is 6.42 Å². The highest BCUT2D eigenvalue weighted by atomic mass is 32.2. The molecule has 5 heteroatoms. The van der Waals surface area contributed by atoms with E-state index in [1.807, 2.05) is 33.1 Å². The Bertz CT molecular complexity index is 418. The van der Waals surface area contributed by atoms with Crippen LogP contribution in [0.2, 0.25) is 0 Å². The smallest absolute Gasteiger partial charge is 0.178 e. The number of hydrogen-bond acceptors (Lipinski definition) is 5. The number of thioether (sulfide) groups is 1. The monoisotopic (exact) mass is 288 g/mol. The second kappa shape index (κ2) is 6.19. The summed E-state index contributed by atoms with van der Waals surface area (Å²) < 4.78 is 1.04. The van der Waals surface area contributed by atoms with Crippen LogP contribution in [-0.4, -0.2) is 35.0 Å². The van der Waals surface area contributed by atoms with Crippen molar-refractivity contribution in [2.24, 2.45) is 5.41 Å². The predicted octanol–water partition coefficient (Wildman–Crippen LogP) is 2.59. The van der Waals surface area contributed by atoms with Crippen LogP contribution in [0.4, 0.5) is 0 Å². The standard InChI is InChI=1S/C13H20O3S2/c1-13(2,3)11(16)10-6-8(5-9(15)7-14)12(17-4)18-10/h6,9,14-15H,5,7H2,1-4H3. The van der Waals surface area contributed by atoms with Crippen molar-refractivity contribution in [3.63, 3.8) is 0 Å².